The fourth-order valence-electron chi connectivity index (χ4n) is 3.15. The Morgan fingerprint density at radius 3 is 2.77 bits per heavy atom. The van der Waals surface area contributed by atoms with E-state index in [0.717, 1.165) is 18.4 Å². The third kappa shape index (κ3) is 2.56. The van der Waals surface area contributed by atoms with Gasteiger partial charge in [0, 0.05) is 12.1 Å². The molecule has 2 heterocycles. The molecule has 22 heavy (non-hydrogen) atoms. The second-order valence-electron chi connectivity index (χ2n) is 6.93. The smallest absolute Gasteiger partial charge is 0.410 e. The van der Waals surface area contributed by atoms with Gasteiger partial charge in [-0.05, 0) is 39.7 Å². The first kappa shape index (κ1) is 14.9. The third-order valence-electron chi connectivity index (χ3n) is 4.03. The van der Waals surface area contributed by atoms with Crippen molar-refractivity contribution in [2.75, 3.05) is 13.1 Å². The normalized spacial score (nSPS) is 24.1. The number of nitrogens with zero attached hydrogens (tertiary/aromatic N) is 1. The van der Waals surface area contributed by atoms with Crippen LogP contribution in [0.4, 0.5) is 4.79 Å². The summed E-state index contributed by atoms with van der Waals surface area (Å²) >= 11 is 0. The second-order valence-corrected chi connectivity index (χ2v) is 6.93. The monoisotopic (exact) mass is 303 g/mol. The number of hydrogen-bond donors (Lipinski definition) is 0. The van der Waals surface area contributed by atoms with Gasteiger partial charge in [-0.25, -0.2) is 9.59 Å². The van der Waals surface area contributed by atoms with Crippen LogP contribution in [0.5, 0.6) is 0 Å². The Morgan fingerprint density at radius 1 is 1.32 bits per heavy atom. The number of amides is 1. The molecule has 1 unspecified atom stereocenters. The van der Waals surface area contributed by atoms with Gasteiger partial charge in [-0.15, -0.1) is 0 Å². The lowest BCUT2D eigenvalue weighted by atomic mass is 9.85. The first-order valence-electron chi connectivity index (χ1n) is 7.62. The summed E-state index contributed by atoms with van der Waals surface area (Å²) in [5.41, 5.74) is 0.233. The molecule has 0 aromatic heterocycles. The molecular formula is C17H21NO4. The van der Waals surface area contributed by atoms with Crippen LogP contribution in [-0.2, 0) is 15.1 Å². The summed E-state index contributed by atoms with van der Waals surface area (Å²) in [7, 11) is 0. The van der Waals surface area contributed by atoms with Crippen molar-refractivity contribution in [3.05, 3.63) is 35.4 Å². The summed E-state index contributed by atoms with van der Waals surface area (Å²) in [6.45, 7) is 6.50. The molecule has 1 atom stereocenters. The van der Waals surface area contributed by atoms with E-state index in [1.54, 1.807) is 11.0 Å². The highest BCUT2D eigenvalue weighted by molar-refractivity contribution is 5.94. The van der Waals surface area contributed by atoms with E-state index < -0.39 is 11.2 Å². The summed E-state index contributed by atoms with van der Waals surface area (Å²) in [5.74, 6) is -0.304. The number of benzene rings is 1. The van der Waals surface area contributed by atoms with E-state index in [1.165, 1.54) is 0 Å². The van der Waals surface area contributed by atoms with Gasteiger partial charge in [0.05, 0.1) is 12.1 Å². The molecule has 1 spiro atoms. The fraction of sp³-hybridized carbons (Fsp3) is 0.529. The van der Waals surface area contributed by atoms with Gasteiger partial charge >= 0.3 is 12.1 Å². The lowest BCUT2D eigenvalue weighted by Gasteiger charge is -2.39. The highest BCUT2D eigenvalue weighted by Gasteiger charge is 2.49. The molecule has 1 aromatic carbocycles. The Labute approximate surface area is 130 Å². The van der Waals surface area contributed by atoms with Gasteiger partial charge in [0.2, 0.25) is 0 Å². The van der Waals surface area contributed by atoms with Gasteiger partial charge in [0.1, 0.15) is 5.60 Å². The number of ether oxygens (including phenoxy) is 2. The zero-order valence-corrected chi connectivity index (χ0v) is 13.2. The highest BCUT2D eigenvalue weighted by atomic mass is 16.6. The second kappa shape index (κ2) is 5.00. The summed E-state index contributed by atoms with van der Waals surface area (Å²) in [5, 5.41) is 0. The minimum Gasteiger partial charge on any atom is -0.449 e. The average molecular weight is 303 g/mol. The molecule has 0 radical (unpaired) electrons. The molecule has 0 aliphatic carbocycles. The average Bonchev–Trinajstić information content (AvgIpc) is 2.70. The molecule has 1 amide bonds. The van der Waals surface area contributed by atoms with Crippen LogP contribution in [0.25, 0.3) is 0 Å². The molecule has 2 aliphatic heterocycles. The van der Waals surface area contributed by atoms with Crippen LogP contribution in [-0.4, -0.2) is 35.7 Å². The predicted octanol–water partition coefficient (Wildman–Crippen LogP) is 3.08. The van der Waals surface area contributed by atoms with Crippen LogP contribution in [0.15, 0.2) is 24.3 Å². The molecule has 1 saturated heterocycles. The number of piperidine rings is 1. The minimum atomic E-state index is -0.719. The van der Waals surface area contributed by atoms with Crippen molar-refractivity contribution >= 4 is 12.1 Å². The van der Waals surface area contributed by atoms with Crippen LogP contribution in [0, 0.1) is 0 Å². The first-order valence-corrected chi connectivity index (χ1v) is 7.62. The Bertz CT molecular complexity index is 619. The minimum absolute atomic E-state index is 0.304. The number of esters is 1. The Hall–Kier alpha value is -2.04. The highest BCUT2D eigenvalue weighted by Crippen LogP contribution is 2.42. The maximum atomic E-state index is 12.3. The number of fused-ring (bicyclic) bond motifs is 2. The molecule has 5 nitrogen and oxygen atoms in total. The lowest BCUT2D eigenvalue weighted by molar-refractivity contribution is -0.0557. The molecule has 3 rings (SSSR count). The first-order chi connectivity index (χ1) is 10.3. The maximum Gasteiger partial charge on any atom is 0.410 e. The number of carbonyl (C=O) groups excluding carboxylic acids is 2. The fourth-order valence-corrected chi connectivity index (χ4v) is 3.15. The molecule has 5 heteroatoms. The molecule has 0 saturated carbocycles. The zero-order chi connectivity index (χ0) is 16.0. The molecule has 118 valence electrons. The topological polar surface area (TPSA) is 55.8 Å². The van der Waals surface area contributed by atoms with Crippen molar-refractivity contribution in [2.24, 2.45) is 0 Å². The molecular weight excluding hydrogens is 282 g/mol. The van der Waals surface area contributed by atoms with Crippen LogP contribution in [0.3, 0.4) is 0 Å². The summed E-state index contributed by atoms with van der Waals surface area (Å²) in [4.78, 5) is 26.0. The van der Waals surface area contributed by atoms with E-state index in [2.05, 4.69) is 0 Å². The summed E-state index contributed by atoms with van der Waals surface area (Å²) < 4.78 is 11.1. The van der Waals surface area contributed by atoms with Crippen molar-refractivity contribution in [2.45, 2.75) is 44.8 Å². The number of hydrogen-bond acceptors (Lipinski definition) is 4. The van der Waals surface area contributed by atoms with E-state index in [4.69, 9.17) is 9.47 Å². The van der Waals surface area contributed by atoms with E-state index in [9.17, 15) is 9.59 Å². The van der Waals surface area contributed by atoms with E-state index in [1.807, 2.05) is 39.0 Å². The standard InChI is InChI=1S/C17H21NO4/c1-16(2,3)22-15(20)18-10-6-9-17(11-18)13-8-5-4-7-12(13)14(19)21-17/h4-5,7-8H,6,9-11H2,1-3H3. The van der Waals surface area contributed by atoms with Crippen LogP contribution >= 0.6 is 0 Å². The molecule has 0 N–H and O–H groups in total. The van der Waals surface area contributed by atoms with Gasteiger partial charge < -0.3 is 14.4 Å². The molecule has 0 bridgehead atoms. The number of carbonyl (C=O) groups is 2. The van der Waals surface area contributed by atoms with Crippen molar-refractivity contribution in [3.8, 4) is 0 Å². The molecule has 2 aliphatic rings. The van der Waals surface area contributed by atoms with Gasteiger partial charge in [0.15, 0.2) is 5.60 Å². The number of rotatable bonds is 0. The van der Waals surface area contributed by atoms with E-state index in [0.29, 0.717) is 18.7 Å². The SMILES string of the molecule is CC(C)(C)OC(=O)N1CCCC2(C1)OC(=O)c1ccccc12. The van der Waals surface area contributed by atoms with Gasteiger partial charge in [-0.3, -0.25) is 0 Å². The van der Waals surface area contributed by atoms with Crippen LogP contribution in [0.1, 0.15) is 49.5 Å². The van der Waals surface area contributed by atoms with Crippen LogP contribution in [0.2, 0.25) is 0 Å². The van der Waals surface area contributed by atoms with Gasteiger partial charge in [0.25, 0.3) is 0 Å². The molecule has 1 fully saturated rings. The van der Waals surface area contributed by atoms with Gasteiger partial charge in [-0.1, -0.05) is 18.2 Å². The van der Waals surface area contributed by atoms with E-state index in [-0.39, 0.29) is 12.1 Å². The Balaban J connectivity index is 1.85. The van der Waals surface area contributed by atoms with E-state index >= 15 is 0 Å². The Morgan fingerprint density at radius 2 is 2.05 bits per heavy atom. The van der Waals surface area contributed by atoms with Crippen molar-refractivity contribution in [1.29, 1.82) is 0 Å². The van der Waals surface area contributed by atoms with Crippen molar-refractivity contribution < 1.29 is 19.1 Å². The van der Waals surface area contributed by atoms with Crippen molar-refractivity contribution in [1.82, 2.24) is 4.90 Å². The zero-order valence-electron chi connectivity index (χ0n) is 13.2. The lowest BCUT2D eigenvalue weighted by Crippen LogP contribution is -2.50. The quantitative estimate of drug-likeness (QED) is 0.691. The largest absolute Gasteiger partial charge is 0.449 e. The molecule has 1 aromatic rings. The van der Waals surface area contributed by atoms with Crippen molar-refractivity contribution in [3.63, 3.8) is 0 Å². The third-order valence-corrected chi connectivity index (χ3v) is 4.03. The number of likely N-dealkylation sites (tertiary alicyclic amines) is 1. The summed E-state index contributed by atoms with van der Waals surface area (Å²) in [6.07, 6.45) is 1.16. The maximum absolute atomic E-state index is 12.3. The van der Waals surface area contributed by atoms with Gasteiger partial charge in [-0.2, -0.15) is 0 Å². The Kier molecular flexibility index (Phi) is 3.38. The van der Waals surface area contributed by atoms with Crippen LogP contribution < -0.4 is 0 Å². The predicted molar refractivity (Wildman–Crippen MR) is 80.6 cm³/mol. The summed E-state index contributed by atoms with van der Waals surface area (Å²) in [6, 6.07) is 7.42.